The van der Waals surface area contributed by atoms with Gasteiger partial charge in [0.15, 0.2) is 0 Å². The highest BCUT2D eigenvalue weighted by molar-refractivity contribution is 6.01. The van der Waals surface area contributed by atoms with Crippen molar-refractivity contribution in [1.82, 2.24) is 14.8 Å². The third-order valence-electron chi connectivity index (χ3n) is 4.75. The van der Waals surface area contributed by atoms with Crippen LogP contribution in [0.3, 0.4) is 0 Å². The molecule has 0 aliphatic carbocycles. The summed E-state index contributed by atoms with van der Waals surface area (Å²) in [4.78, 5) is 16.7. The molecular formula is C22H21N5O2. The third kappa shape index (κ3) is 3.62. The topological polar surface area (TPSA) is 81.1 Å². The molecule has 0 aliphatic rings. The first-order valence-corrected chi connectivity index (χ1v) is 9.15. The van der Waals surface area contributed by atoms with Crippen molar-refractivity contribution in [3.8, 4) is 16.9 Å². The standard InChI is InChI=1S/C22H21N5O2/c1-14-21-17(12-23-13-19(21)27(2)26-14)15-8-10-16(11-9-15)24-22(28)25-18-6-4-5-7-20(18)29-3/h4-13H,1-3H3,(H2,24,25,28). The predicted molar refractivity (Wildman–Crippen MR) is 114 cm³/mol. The van der Waals surface area contributed by atoms with Gasteiger partial charge in [-0.1, -0.05) is 24.3 Å². The average molecular weight is 387 g/mol. The van der Waals surface area contributed by atoms with Crippen molar-refractivity contribution in [3.63, 3.8) is 0 Å². The smallest absolute Gasteiger partial charge is 0.323 e. The van der Waals surface area contributed by atoms with Crippen molar-refractivity contribution in [3.05, 3.63) is 66.6 Å². The van der Waals surface area contributed by atoms with Gasteiger partial charge < -0.3 is 15.4 Å². The Kier molecular flexibility index (Phi) is 4.87. The van der Waals surface area contributed by atoms with E-state index in [0.717, 1.165) is 27.7 Å². The summed E-state index contributed by atoms with van der Waals surface area (Å²) in [5.74, 6) is 0.602. The molecule has 2 heterocycles. The van der Waals surface area contributed by atoms with E-state index in [0.29, 0.717) is 17.1 Å². The number of pyridine rings is 1. The van der Waals surface area contributed by atoms with Crippen LogP contribution in [0.4, 0.5) is 16.2 Å². The van der Waals surface area contributed by atoms with E-state index in [4.69, 9.17) is 4.74 Å². The van der Waals surface area contributed by atoms with Gasteiger partial charge in [0.1, 0.15) is 5.75 Å². The van der Waals surface area contributed by atoms with Crippen LogP contribution in [0.25, 0.3) is 22.0 Å². The number of urea groups is 1. The minimum Gasteiger partial charge on any atom is -0.495 e. The normalized spacial score (nSPS) is 10.7. The number of hydrogen-bond acceptors (Lipinski definition) is 4. The molecule has 0 atom stereocenters. The number of carbonyl (C=O) groups excluding carboxylic acids is 1. The first-order valence-electron chi connectivity index (χ1n) is 9.15. The highest BCUT2D eigenvalue weighted by Gasteiger charge is 2.12. The van der Waals surface area contributed by atoms with Crippen molar-refractivity contribution < 1.29 is 9.53 Å². The monoisotopic (exact) mass is 387 g/mol. The van der Waals surface area contributed by atoms with E-state index in [1.807, 2.05) is 67.4 Å². The number of fused-ring (bicyclic) bond motifs is 1. The molecule has 0 fully saturated rings. The molecule has 0 bridgehead atoms. The molecule has 2 amide bonds. The van der Waals surface area contributed by atoms with Gasteiger partial charge in [-0.2, -0.15) is 5.10 Å². The van der Waals surface area contributed by atoms with Crippen LogP contribution in [-0.2, 0) is 7.05 Å². The molecule has 0 aliphatic heterocycles. The van der Waals surface area contributed by atoms with Gasteiger partial charge >= 0.3 is 6.03 Å². The van der Waals surface area contributed by atoms with Gasteiger partial charge in [0.25, 0.3) is 0 Å². The second-order valence-electron chi connectivity index (χ2n) is 6.65. The van der Waals surface area contributed by atoms with Crippen LogP contribution in [0.15, 0.2) is 60.9 Å². The fourth-order valence-electron chi connectivity index (χ4n) is 3.39. The Hall–Kier alpha value is -3.87. The molecule has 0 radical (unpaired) electrons. The lowest BCUT2D eigenvalue weighted by molar-refractivity contribution is 0.262. The number of aryl methyl sites for hydroxylation is 2. The number of para-hydroxylation sites is 2. The van der Waals surface area contributed by atoms with E-state index in [-0.39, 0.29) is 6.03 Å². The van der Waals surface area contributed by atoms with E-state index in [1.54, 1.807) is 19.2 Å². The van der Waals surface area contributed by atoms with Gasteiger partial charge in [-0.25, -0.2) is 4.79 Å². The van der Waals surface area contributed by atoms with E-state index < -0.39 is 0 Å². The summed E-state index contributed by atoms with van der Waals surface area (Å²) in [7, 11) is 3.48. The first kappa shape index (κ1) is 18.5. The quantitative estimate of drug-likeness (QED) is 0.536. The molecule has 29 heavy (non-hydrogen) atoms. The summed E-state index contributed by atoms with van der Waals surface area (Å²) < 4.78 is 7.09. The molecule has 0 saturated carbocycles. The molecular weight excluding hydrogens is 366 g/mol. The molecule has 4 aromatic rings. The summed E-state index contributed by atoms with van der Waals surface area (Å²) in [6.45, 7) is 1.99. The molecule has 4 rings (SSSR count). The lowest BCUT2D eigenvalue weighted by Crippen LogP contribution is -2.19. The van der Waals surface area contributed by atoms with Crippen molar-refractivity contribution in [2.45, 2.75) is 6.92 Å². The second-order valence-corrected chi connectivity index (χ2v) is 6.65. The van der Waals surface area contributed by atoms with Gasteiger partial charge in [-0.3, -0.25) is 9.67 Å². The molecule has 0 spiro atoms. The number of ether oxygens (including phenoxy) is 1. The van der Waals surface area contributed by atoms with Crippen molar-refractivity contribution >= 4 is 28.3 Å². The van der Waals surface area contributed by atoms with E-state index in [9.17, 15) is 4.79 Å². The number of amides is 2. The highest BCUT2D eigenvalue weighted by Crippen LogP contribution is 2.30. The number of benzene rings is 2. The zero-order valence-corrected chi connectivity index (χ0v) is 16.4. The predicted octanol–water partition coefficient (Wildman–Crippen LogP) is 4.60. The zero-order chi connectivity index (χ0) is 20.4. The largest absolute Gasteiger partial charge is 0.495 e. The van der Waals surface area contributed by atoms with Gasteiger partial charge in [-0.05, 0) is 36.8 Å². The Labute approximate surface area is 168 Å². The molecule has 2 aromatic heterocycles. The summed E-state index contributed by atoms with van der Waals surface area (Å²) in [6.07, 6.45) is 3.66. The number of anilines is 2. The van der Waals surface area contributed by atoms with Gasteiger partial charge in [0, 0.05) is 29.9 Å². The second kappa shape index (κ2) is 7.63. The number of nitrogens with one attached hydrogen (secondary N) is 2. The summed E-state index contributed by atoms with van der Waals surface area (Å²) in [5.41, 5.74) is 5.25. The zero-order valence-electron chi connectivity index (χ0n) is 16.4. The number of nitrogens with zero attached hydrogens (tertiary/aromatic N) is 3. The van der Waals surface area contributed by atoms with E-state index >= 15 is 0 Å². The van der Waals surface area contributed by atoms with Crippen molar-refractivity contribution in [2.24, 2.45) is 7.05 Å². The molecule has 0 saturated heterocycles. The van der Waals surface area contributed by atoms with Crippen LogP contribution in [0.2, 0.25) is 0 Å². The number of aromatic nitrogens is 3. The molecule has 7 nitrogen and oxygen atoms in total. The Bertz CT molecular complexity index is 1180. The number of hydrogen-bond donors (Lipinski definition) is 2. The Morgan fingerprint density at radius 1 is 1.03 bits per heavy atom. The molecule has 2 N–H and O–H groups in total. The maximum Gasteiger partial charge on any atom is 0.323 e. The van der Waals surface area contributed by atoms with Crippen LogP contribution in [-0.4, -0.2) is 27.9 Å². The van der Waals surface area contributed by atoms with Gasteiger partial charge in [-0.15, -0.1) is 0 Å². The minimum atomic E-state index is -0.339. The molecule has 2 aromatic carbocycles. The fraction of sp³-hybridized carbons (Fsp3) is 0.136. The van der Waals surface area contributed by atoms with Crippen LogP contribution in [0.1, 0.15) is 5.69 Å². The molecule has 7 heteroatoms. The molecule has 146 valence electrons. The lowest BCUT2D eigenvalue weighted by Gasteiger charge is -2.11. The SMILES string of the molecule is COc1ccccc1NC(=O)Nc1ccc(-c2cncc3c2c(C)nn3C)cc1. The van der Waals surface area contributed by atoms with Gasteiger partial charge in [0.05, 0.1) is 30.2 Å². The maximum absolute atomic E-state index is 12.3. The van der Waals surface area contributed by atoms with Crippen LogP contribution in [0.5, 0.6) is 5.75 Å². The van der Waals surface area contributed by atoms with Crippen LogP contribution >= 0.6 is 0 Å². The summed E-state index contributed by atoms with van der Waals surface area (Å²) >= 11 is 0. The lowest BCUT2D eigenvalue weighted by atomic mass is 10.0. The number of methoxy groups -OCH3 is 1. The van der Waals surface area contributed by atoms with E-state index in [2.05, 4.69) is 20.7 Å². The highest BCUT2D eigenvalue weighted by atomic mass is 16.5. The Morgan fingerprint density at radius 3 is 2.55 bits per heavy atom. The van der Waals surface area contributed by atoms with E-state index in [1.165, 1.54) is 0 Å². The Morgan fingerprint density at radius 2 is 1.79 bits per heavy atom. The first-order chi connectivity index (χ1) is 14.1. The fourth-order valence-corrected chi connectivity index (χ4v) is 3.39. The van der Waals surface area contributed by atoms with Gasteiger partial charge in [0.2, 0.25) is 0 Å². The Balaban J connectivity index is 1.54. The minimum absolute atomic E-state index is 0.339. The summed E-state index contributed by atoms with van der Waals surface area (Å²) in [6, 6.07) is 14.6. The molecule has 0 unspecified atom stereocenters. The van der Waals surface area contributed by atoms with Crippen LogP contribution < -0.4 is 15.4 Å². The average Bonchev–Trinajstić information content (AvgIpc) is 3.03. The number of carbonyl (C=O) groups is 1. The van der Waals surface area contributed by atoms with Crippen molar-refractivity contribution in [2.75, 3.05) is 17.7 Å². The third-order valence-corrected chi connectivity index (χ3v) is 4.75. The number of rotatable bonds is 4. The summed E-state index contributed by atoms with van der Waals surface area (Å²) in [5, 5.41) is 11.2. The van der Waals surface area contributed by atoms with Crippen molar-refractivity contribution in [1.29, 1.82) is 0 Å². The van der Waals surface area contributed by atoms with Crippen LogP contribution in [0, 0.1) is 6.92 Å². The maximum atomic E-state index is 12.3.